The van der Waals surface area contributed by atoms with Crippen molar-refractivity contribution in [1.82, 2.24) is 0 Å². The number of aliphatic imine (C=N–C) groups is 1. The first-order valence-corrected chi connectivity index (χ1v) is 11.1. The Labute approximate surface area is 188 Å². The first-order chi connectivity index (χ1) is 14.6. The van der Waals surface area contributed by atoms with Gasteiger partial charge < -0.3 is 14.8 Å². The van der Waals surface area contributed by atoms with Crippen LogP contribution in [0.1, 0.15) is 56.4 Å². The molecule has 4 rings (SSSR count). The number of nitrogens with zero attached hydrogens (tertiary/aromatic N) is 1. The average molecular weight is 441 g/mol. The topological polar surface area (TPSA) is 59.9 Å². The summed E-state index contributed by atoms with van der Waals surface area (Å²) in [7, 11) is 1.69. The van der Waals surface area contributed by atoms with Crippen LogP contribution < -0.4 is 14.8 Å². The van der Waals surface area contributed by atoms with Gasteiger partial charge in [-0.25, -0.2) is 0 Å². The summed E-state index contributed by atoms with van der Waals surface area (Å²) in [5.74, 6) is 1.78. The van der Waals surface area contributed by atoms with Gasteiger partial charge in [0.05, 0.1) is 18.4 Å². The van der Waals surface area contributed by atoms with Crippen molar-refractivity contribution in [2.24, 2.45) is 4.99 Å². The number of hydrogen-bond acceptors (Lipinski definition) is 4. The first-order valence-electron chi connectivity index (χ1n) is 10.6. The van der Waals surface area contributed by atoms with Gasteiger partial charge in [0.1, 0.15) is 5.60 Å². The van der Waals surface area contributed by atoms with Crippen LogP contribution in [0.15, 0.2) is 35.3 Å². The Morgan fingerprint density at radius 1 is 1.23 bits per heavy atom. The number of methoxy groups -OCH3 is 1. The number of ether oxygens (including phenoxy) is 2. The lowest BCUT2D eigenvalue weighted by atomic mass is 9.81. The smallest absolute Gasteiger partial charge is 0.225 e. The number of amides is 1. The molecule has 5 nitrogen and oxygen atoms in total. The maximum atomic E-state index is 12.0. The van der Waals surface area contributed by atoms with Gasteiger partial charge in [-0.3, -0.25) is 9.79 Å². The van der Waals surface area contributed by atoms with E-state index in [-0.39, 0.29) is 23.5 Å². The van der Waals surface area contributed by atoms with Gasteiger partial charge in [-0.1, -0.05) is 12.1 Å². The van der Waals surface area contributed by atoms with Crippen molar-refractivity contribution in [2.75, 3.05) is 18.3 Å². The second-order valence-corrected chi connectivity index (χ2v) is 9.85. The molecule has 0 aromatic heterocycles. The highest BCUT2D eigenvalue weighted by atomic mass is 35.5. The first kappa shape index (κ1) is 21.7. The lowest BCUT2D eigenvalue weighted by molar-refractivity contribution is -0.115. The zero-order chi connectivity index (χ0) is 22.4. The number of anilines is 1. The average Bonchev–Trinajstić information content (AvgIpc) is 3.01. The highest BCUT2D eigenvalue weighted by molar-refractivity contribution is 6.19. The molecule has 2 aromatic carbocycles. The highest BCUT2D eigenvalue weighted by Crippen LogP contribution is 2.47. The summed E-state index contributed by atoms with van der Waals surface area (Å²) in [6.07, 6.45) is 1.89. The third-order valence-corrected chi connectivity index (χ3v) is 5.83. The molecular weight excluding hydrogens is 412 g/mol. The lowest BCUT2D eigenvalue weighted by Gasteiger charge is -2.31. The van der Waals surface area contributed by atoms with Crippen molar-refractivity contribution in [2.45, 2.75) is 58.1 Å². The molecule has 0 unspecified atom stereocenters. The Kier molecular flexibility index (Phi) is 5.50. The normalized spacial score (nSPS) is 17.8. The molecule has 1 amide bonds. The number of nitrogens with one attached hydrogen (secondary N) is 1. The monoisotopic (exact) mass is 440 g/mol. The Morgan fingerprint density at radius 3 is 2.71 bits per heavy atom. The Hall–Kier alpha value is -2.53. The van der Waals surface area contributed by atoms with Crippen LogP contribution in [0, 0.1) is 0 Å². The van der Waals surface area contributed by atoms with Gasteiger partial charge in [0.2, 0.25) is 5.91 Å². The quantitative estimate of drug-likeness (QED) is 0.654. The van der Waals surface area contributed by atoms with Crippen molar-refractivity contribution in [3.63, 3.8) is 0 Å². The summed E-state index contributed by atoms with van der Waals surface area (Å²) in [6.45, 7) is 8.47. The van der Waals surface area contributed by atoms with Gasteiger partial charge in [-0.05, 0) is 57.9 Å². The molecule has 0 bridgehead atoms. The van der Waals surface area contributed by atoms with Crippen LogP contribution in [0.25, 0.3) is 0 Å². The Morgan fingerprint density at radius 2 is 2.00 bits per heavy atom. The van der Waals surface area contributed by atoms with Gasteiger partial charge >= 0.3 is 0 Å². The number of carbonyl (C=O) groups is 1. The highest BCUT2D eigenvalue weighted by Gasteiger charge is 2.39. The molecule has 0 saturated carbocycles. The largest absolute Gasteiger partial charge is 0.493 e. The van der Waals surface area contributed by atoms with Crippen LogP contribution >= 0.6 is 11.6 Å². The van der Waals surface area contributed by atoms with Crippen LogP contribution in [0.4, 0.5) is 5.69 Å². The van der Waals surface area contributed by atoms with E-state index < -0.39 is 0 Å². The van der Waals surface area contributed by atoms with Crippen LogP contribution in [0.3, 0.4) is 0 Å². The maximum Gasteiger partial charge on any atom is 0.225 e. The number of carbonyl (C=O) groups excluding carboxylic acids is 1. The summed E-state index contributed by atoms with van der Waals surface area (Å²) >= 11 is 5.70. The van der Waals surface area contributed by atoms with Crippen molar-refractivity contribution < 1.29 is 14.3 Å². The van der Waals surface area contributed by atoms with E-state index in [4.69, 9.17) is 26.1 Å². The predicted molar refractivity (Wildman–Crippen MR) is 125 cm³/mol. The second kappa shape index (κ2) is 7.86. The van der Waals surface area contributed by atoms with Gasteiger partial charge in [0, 0.05) is 41.1 Å². The number of hydrogen-bond donors (Lipinski definition) is 1. The fourth-order valence-corrected chi connectivity index (χ4v) is 4.65. The second-order valence-electron chi connectivity index (χ2n) is 9.48. The molecule has 164 valence electrons. The molecule has 0 aliphatic carbocycles. The number of halogens is 1. The van der Waals surface area contributed by atoms with Gasteiger partial charge in [0.25, 0.3) is 0 Å². The molecule has 0 radical (unpaired) electrons. The molecular formula is C25H29ClN2O3. The van der Waals surface area contributed by atoms with E-state index >= 15 is 0 Å². The number of benzene rings is 2. The van der Waals surface area contributed by atoms with E-state index in [1.807, 2.05) is 24.3 Å². The minimum atomic E-state index is -0.305. The molecule has 0 saturated heterocycles. The maximum absolute atomic E-state index is 12.0. The third kappa shape index (κ3) is 4.29. The molecule has 6 heteroatoms. The van der Waals surface area contributed by atoms with Gasteiger partial charge in [0.15, 0.2) is 11.5 Å². The van der Waals surface area contributed by atoms with Gasteiger partial charge in [-0.15, -0.1) is 11.6 Å². The zero-order valence-corrected chi connectivity index (χ0v) is 19.5. The number of fused-ring (bicyclic) bond motifs is 3. The Balaban J connectivity index is 1.85. The van der Waals surface area contributed by atoms with E-state index in [0.29, 0.717) is 5.88 Å². The predicted octanol–water partition coefficient (Wildman–Crippen LogP) is 5.15. The molecule has 2 heterocycles. The summed E-state index contributed by atoms with van der Waals surface area (Å²) in [5.41, 5.74) is 5.56. The van der Waals surface area contributed by atoms with Crippen molar-refractivity contribution in [1.29, 1.82) is 0 Å². The van der Waals surface area contributed by atoms with Crippen LogP contribution in [-0.2, 0) is 17.6 Å². The van der Waals surface area contributed by atoms with Crippen molar-refractivity contribution in [3.8, 4) is 11.5 Å². The van der Waals surface area contributed by atoms with Crippen LogP contribution in [0.5, 0.6) is 11.5 Å². The molecule has 0 atom stereocenters. The summed E-state index contributed by atoms with van der Waals surface area (Å²) in [5, 5.41) is 2.93. The number of rotatable bonds is 5. The molecule has 0 fully saturated rings. The lowest BCUT2D eigenvalue weighted by Crippen LogP contribution is -2.30. The zero-order valence-electron chi connectivity index (χ0n) is 18.8. The SMILES string of the molecule is COc1cc2c(c3c1OC(C)(C)C3)C(c1cccc(NC(=O)CCCl)c1)=NC(C)(C)C2. The van der Waals surface area contributed by atoms with E-state index in [9.17, 15) is 4.79 Å². The summed E-state index contributed by atoms with van der Waals surface area (Å²) in [6, 6.07) is 9.94. The summed E-state index contributed by atoms with van der Waals surface area (Å²) < 4.78 is 12.0. The number of alkyl halides is 1. The molecule has 2 aliphatic rings. The molecule has 0 spiro atoms. The standard InChI is InChI=1S/C25H29ClN2O3/c1-24(2)13-16-12-19(30-5)23-18(14-25(3,4)31-23)21(16)22(28-24)15-7-6-8-17(11-15)27-20(29)9-10-26/h6-8,11-12H,9-10,13-14H2,1-5H3,(H,27,29). The molecule has 31 heavy (non-hydrogen) atoms. The Bertz CT molecular complexity index is 1070. The third-order valence-electron chi connectivity index (χ3n) is 5.64. The fraction of sp³-hybridized carbons (Fsp3) is 0.440. The fourth-order valence-electron chi connectivity index (χ4n) is 4.48. The minimum Gasteiger partial charge on any atom is -0.493 e. The van der Waals surface area contributed by atoms with E-state index in [1.165, 1.54) is 5.56 Å². The van der Waals surface area contributed by atoms with Crippen LogP contribution in [-0.4, -0.2) is 35.7 Å². The van der Waals surface area contributed by atoms with Crippen molar-refractivity contribution in [3.05, 3.63) is 52.6 Å². The molecule has 2 aliphatic heterocycles. The van der Waals surface area contributed by atoms with Crippen LogP contribution in [0.2, 0.25) is 0 Å². The van der Waals surface area contributed by atoms with Crippen molar-refractivity contribution >= 4 is 28.9 Å². The van der Waals surface area contributed by atoms with E-state index in [0.717, 1.165) is 52.4 Å². The molecule has 1 N–H and O–H groups in total. The van der Waals surface area contributed by atoms with E-state index in [1.54, 1.807) is 7.11 Å². The molecule has 2 aromatic rings. The van der Waals surface area contributed by atoms with Gasteiger partial charge in [-0.2, -0.15) is 0 Å². The van der Waals surface area contributed by atoms with E-state index in [2.05, 4.69) is 39.1 Å². The summed E-state index contributed by atoms with van der Waals surface area (Å²) in [4.78, 5) is 17.2. The minimum absolute atomic E-state index is 0.0979.